The summed E-state index contributed by atoms with van der Waals surface area (Å²) in [5.74, 6) is 1.84. The highest BCUT2D eigenvalue weighted by molar-refractivity contribution is 5.36. The van der Waals surface area contributed by atoms with Crippen LogP contribution in [-0.2, 0) is 43.3 Å². The molecule has 4 unspecified atom stereocenters. The van der Waals surface area contributed by atoms with Crippen LogP contribution in [0.2, 0.25) is 0 Å². The van der Waals surface area contributed by atoms with E-state index >= 15 is 0 Å². The van der Waals surface area contributed by atoms with E-state index in [-0.39, 0.29) is 29.8 Å². The van der Waals surface area contributed by atoms with Gasteiger partial charge in [0.1, 0.15) is 0 Å². The van der Waals surface area contributed by atoms with Crippen molar-refractivity contribution in [1.29, 1.82) is 0 Å². The Morgan fingerprint density at radius 1 is 0.356 bits per heavy atom. The summed E-state index contributed by atoms with van der Waals surface area (Å²) in [6, 6.07) is 33.3. The van der Waals surface area contributed by atoms with Crippen LogP contribution in [0.5, 0.6) is 0 Å². The van der Waals surface area contributed by atoms with Crippen molar-refractivity contribution < 1.29 is 37.9 Å². The molecule has 0 saturated carbocycles. The Morgan fingerprint density at radius 3 is 0.780 bits per heavy atom. The van der Waals surface area contributed by atoms with Crippen molar-refractivity contribution in [3.8, 4) is 0 Å². The first-order valence-corrected chi connectivity index (χ1v) is 21.5. The van der Waals surface area contributed by atoms with Crippen molar-refractivity contribution in [2.75, 3.05) is 81.3 Å². The molecule has 3 aromatic carbocycles. The van der Waals surface area contributed by atoms with E-state index in [0.717, 1.165) is 26.4 Å². The third-order valence-electron chi connectivity index (χ3n) is 8.24. The average molecular weight is 831 g/mol. The van der Waals surface area contributed by atoms with Crippen molar-refractivity contribution >= 4 is 0 Å². The monoisotopic (exact) mass is 831 g/mol. The van der Waals surface area contributed by atoms with Crippen molar-refractivity contribution in [2.45, 2.75) is 120 Å². The minimum atomic E-state index is 0.0858. The summed E-state index contributed by atoms with van der Waals surface area (Å²) in [5, 5.41) is 0. The molecular formula is C51H90O8. The first-order chi connectivity index (χ1) is 28.0. The van der Waals surface area contributed by atoms with E-state index in [0.29, 0.717) is 44.2 Å². The molecule has 4 atom stereocenters. The van der Waals surface area contributed by atoms with Gasteiger partial charge in [-0.1, -0.05) is 152 Å². The highest BCUT2D eigenvalue weighted by Crippen LogP contribution is 2.30. The lowest BCUT2D eigenvalue weighted by molar-refractivity contribution is 0.00994. The van der Waals surface area contributed by atoms with Crippen LogP contribution in [0.15, 0.2) is 97.1 Å². The van der Waals surface area contributed by atoms with Crippen LogP contribution < -0.4 is 0 Å². The highest BCUT2D eigenvalue weighted by Gasteiger charge is 2.21. The van der Waals surface area contributed by atoms with Gasteiger partial charge in [0.05, 0.1) is 50.8 Å². The topological polar surface area (TPSA) is 73.8 Å². The molecule has 3 aromatic rings. The molecule has 8 heteroatoms. The van der Waals surface area contributed by atoms with Crippen LogP contribution in [0.4, 0.5) is 0 Å². The Hall–Kier alpha value is -2.66. The van der Waals surface area contributed by atoms with Crippen molar-refractivity contribution in [2.24, 2.45) is 17.8 Å². The number of rotatable bonds is 21. The molecule has 0 bridgehead atoms. The third kappa shape index (κ3) is 41.8. The van der Waals surface area contributed by atoms with Gasteiger partial charge in [0.15, 0.2) is 0 Å². The largest absolute Gasteiger partial charge is 0.379 e. The molecule has 0 fully saturated rings. The van der Waals surface area contributed by atoms with E-state index in [9.17, 15) is 0 Å². The van der Waals surface area contributed by atoms with Crippen molar-refractivity contribution in [3.63, 3.8) is 0 Å². The summed E-state index contributed by atoms with van der Waals surface area (Å²) in [6.45, 7) is 33.4. The standard InChI is InChI=1S/C15H16.3C8H18O2.C6H14O2.C6H6/c1-15(2,13-9-5-3-6-10-13)14-11-7-4-8-12-14;3*1-7(2)5-10-6-8(3)9-4;1-4-8-5-6(2)7-3;1-2-4-6-5-3-1/h3-12H,1-2H3;3*7-8H,5-6H2,1-4H3;6H,4-5H2,1-3H3;1-6H. The molecule has 0 spiro atoms. The summed E-state index contributed by atoms with van der Waals surface area (Å²) in [4.78, 5) is 0. The number of hydrogen-bond donors (Lipinski definition) is 0. The summed E-state index contributed by atoms with van der Waals surface area (Å²) in [5.41, 5.74) is 2.80. The number of benzene rings is 3. The summed E-state index contributed by atoms with van der Waals surface area (Å²) in [7, 11) is 6.78. The van der Waals surface area contributed by atoms with Crippen LogP contribution in [0.3, 0.4) is 0 Å². The van der Waals surface area contributed by atoms with Gasteiger partial charge in [0.25, 0.3) is 0 Å². The fraction of sp³-hybridized carbons (Fsp3) is 0.647. The highest BCUT2D eigenvalue weighted by atomic mass is 16.5. The fourth-order valence-electron chi connectivity index (χ4n) is 4.23. The smallest absolute Gasteiger partial charge is 0.0776 e. The third-order valence-corrected chi connectivity index (χ3v) is 8.24. The average Bonchev–Trinajstić information content (AvgIpc) is 3.24. The van der Waals surface area contributed by atoms with Gasteiger partial charge in [-0.2, -0.15) is 0 Å². The number of ether oxygens (including phenoxy) is 8. The first-order valence-electron chi connectivity index (χ1n) is 21.5. The second kappa shape index (κ2) is 42.0. The van der Waals surface area contributed by atoms with Gasteiger partial charge in [0.2, 0.25) is 0 Å². The van der Waals surface area contributed by atoms with Gasteiger partial charge in [-0.3, -0.25) is 0 Å². The molecule has 0 aromatic heterocycles. The van der Waals surface area contributed by atoms with Gasteiger partial charge >= 0.3 is 0 Å². The Morgan fingerprint density at radius 2 is 0.576 bits per heavy atom. The molecular weight excluding hydrogens is 741 g/mol. The zero-order valence-electron chi connectivity index (χ0n) is 40.7. The molecule has 59 heavy (non-hydrogen) atoms. The molecule has 0 aliphatic rings. The van der Waals surface area contributed by atoms with E-state index in [1.807, 2.05) is 71.0 Å². The Balaban J connectivity index is -0.000000652. The van der Waals surface area contributed by atoms with Crippen LogP contribution in [0.25, 0.3) is 0 Å². The van der Waals surface area contributed by atoms with Crippen LogP contribution in [0, 0.1) is 17.8 Å². The van der Waals surface area contributed by atoms with Gasteiger partial charge in [-0.05, 0) is 63.5 Å². The maximum Gasteiger partial charge on any atom is 0.0776 e. The second-order valence-corrected chi connectivity index (χ2v) is 16.2. The quantitative estimate of drug-likeness (QED) is 0.105. The molecule has 0 N–H and O–H groups in total. The van der Waals surface area contributed by atoms with Crippen LogP contribution >= 0.6 is 0 Å². The summed E-state index contributed by atoms with van der Waals surface area (Å²) in [6.07, 6.45) is 0.895. The summed E-state index contributed by atoms with van der Waals surface area (Å²) >= 11 is 0. The van der Waals surface area contributed by atoms with E-state index in [1.54, 1.807) is 28.4 Å². The van der Waals surface area contributed by atoms with Crippen molar-refractivity contribution in [1.82, 2.24) is 0 Å². The molecule has 0 aliphatic heterocycles. The van der Waals surface area contributed by atoms with Crippen molar-refractivity contribution in [3.05, 3.63) is 108 Å². The van der Waals surface area contributed by atoms with Crippen LogP contribution in [0.1, 0.15) is 101 Å². The molecule has 0 heterocycles. The molecule has 8 nitrogen and oxygen atoms in total. The first kappa shape index (κ1) is 60.6. The maximum atomic E-state index is 5.32. The van der Waals surface area contributed by atoms with Gasteiger partial charge in [-0.25, -0.2) is 0 Å². The normalized spacial score (nSPS) is 12.7. The predicted octanol–water partition coefficient (Wildman–Crippen LogP) is 11.8. The lowest BCUT2D eigenvalue weighted by Crippen LogP contribution is -2.18. The van der Waals surface area contributed by atoms with E-state index in [1.165, 1.54) is 11.1 Å². The molecule has 0 aliphatic carbocycles. The number of methoxy groups -OCH3 is 4. The molecule has 3 rings (SSSR count). The Bertz CT molecular complexity index is 1090. The molecule has 0 saturated heterocycles. The van der Waals surface area contributed by atoms with E-state index in [4.69, 9.17) is 37.9 Å². The zero-order valence-corrected chi connectivity index (χ0v) is 40.7. The molecule has 342 valence electrons. The molecule has 0 radical (unpaired) electrons. The van der Waals surface area contributed by atoms with Gasteiger partial charge in [-0.15, -0.1) is 0 Å². The fourth-order valence-corrected chi connectivity index (χ4v) is 4.23. The van der Waals surface area contributed by atoms with E-state index in [2.05, 4.69) is 116 Å². The second-order valence-electron chi connectivity index (χ2n) is 16.2. The minimum absolute atomic E-state index is 0.0858. The zero-order chi connectivity index (χ0) is 45.3. The predicted molar refractivity (Wildman–Crippen MR) is 251 cm³/mol. The molecule has 0 amide bonds. The lowest BCUT2D eigenvalue weighted by Gasteiger charge is -2.25. The lowest BCUT2D eigenvalue weighted by atomic mass is 9.78. The van der Waals surface area contributed by atoms with E-state index < -0.39 is 0 Å². The van der Waals surface area contributed by atoms with Gasteiger partial charge in [0, 0.05) is 60.3 Å². The van der Waals surface area contributed by atoms with Gasteiger partial charge < -0.3 is 37.9 Å². The Labute approximate surface area is 364 Å². The summed E-state index contributed by atoms with van der Waals surface area (Å²) < 4.78 is 41.0. The Kier molecular flexibility index (Phi) is 43.2. The minimum Gasteiger partial charge on any atom is -0.379 e. The maximum absolute atomic E-state index is 5.32. The van der Waals surface area contributed by atoms with Crippen LogP contribution in [-0.4, -0.2) is 106 Å². The number of hydrogen-bond acceptors (Lipinski definition) is 8. The SMILES string of the molecule is CC(C)(c1ccccc1)c1ccccc1.CCOCC(C)OC.COC(C)COCC(C)C.COC(C)COCC(C)C.COC(C)COCC(C)C.c1ccccc1.